The number of hydrogen-bond acceptors (Lipinski definition) is 2. The number of rotatable bonds is 5. The largest absolute Gasteiger partial charge is 0.507 e. The van der Waals surface area contributed by atoms with Gasteiger partial charge in [-0.2, -0.15) is 0 Å². The quantitative estimate of drug-likeness (QED) is 0.855. The van der Waals surface area contributed by atoms with Crippen molar-refractivity contribution in [3.05, 3.63) is 28.8 Å². The summed E-state index contributed by atoms with van der Waals surface area (Å²) in [6, 6.07) is 4.47. The molecule has 1 aromatic rings. The van der Waals surface area contributed by atoms with Crippen molar-refractivity contribution in [2.75, 3.05) is 0 Å². The minimum Gasteiger partial charge on any atom is -0.507 e. The van der Waals surface area contributed by atoms with E-state index in [2.05, 4.69) is 5.32 Å². The molecule has 0 aliphatic heterocycles. The van der Waals surface area contributed by atoms with E-state index in [9.17, 15) is 9.90 Å². The fourth-order valence-corrected chi connectivity index (χ4v) is 2.19. The van der Waals surface area contributed by atoms with Crippen LogP contribution in [0.3, 0.4) is 0 Å². The molecule has 1 amide bonds. The van der Waals surface area contributed by atoms with Gasteiger partial charge in [-0.3, -0.25) is 4.79 Å². The van der Waals surface area contributed by atoms with Crippen LogP contribution in [-0.2, 0) is 0 Å². The highest BCUT2D eigenvalue weighted by Crippen LogP contribution is 2.24. The van der Waals surface area contributed by atoms with Crippen molar-refractivity contribution in [1.29, 1.82) is 0 Å². The Kier molecular flexibility index (Phi) is 5.03. The standard InChI is InChI=1S/C14H20ClNO2/c1-4-14(5-2,6-3)16-13(18)11-9-10(15)7-8-12(11)17/h7-9,17H,4-6H2,1-3H3,(H,16,18). The third-order valence-corrected chi connectivity index (χ3v) is 3.85. The number of carbonyl (C=O) groups excluding carboxylic acids is 1. The van der Waals surface area contributed by atoms with Crippen molar-refractivity contribution in [3.8, 4) is 5.75 Å². The topological polar surface area (TPSA) is 49.3 Å². The Bertz CT molecular complexity index is 420. The van der Waals surface area contributed by atoms with E-state index in [4.69, 9.17) is 11.6 Å². The molecule has 0 aliphatic carbocycles. The minimum atomic E-state index is -0.277. The Morgan fingerprint density at radius 2 is 1.83 bits per heavy atom. The van der Waals surface area contributed by atoms with Crippen molar-refractivity contribution in [3.63, 3.8) is 0 Å². The van der Waals surface area contributed by atoms with E-state index in [1.165, 1.54) is 12.1 Å². The number of hydrogen-bond donors (Lipinski definition) is 2. The zero-order valence-electron chi connectivity index (χ0n) is 11.1. The van der Waals surface area contributed by atoms with Gasteiger partial charge in [-0.1, -0.05) is 32.4 Å². The number of phenolic OH excluding ortho intramolecular Hbond substituents is 1. The van der Waals surface area contributed by atoms with Gasteiger partial charge in [-0.15, -0.1) is 0 Å². The zero-order chi connectivity index (χ0) is 13.8. The van der Waals surface area contributed by atoms with Gasteiger partial charge in [-0.25, -0.2) is 0 Å². The minimum absolute atomic E-state index is 0.0471. The van der Waals surface area contributed by atoms with Crippen LogP contribution in [0.25, 0.3) is 0 Å². The predicted octanol–water partition coefficient (Wildman–Crippen LogP) is 3.74. The lowest BCUT2D eigenvalue weighted by atomic mass is 9.89. The molecule has 0 unspecified atom stereocenters. The van der Waals surface area contributed by atoms with Gasteiger partial charge in [0.25, 0.3) is 5.91 Å². The molecule has 0 atom stereocenters. The molecule has 0 radical (unpaired) electrons. The molecule has 0 aliphatic rings. The molecule has 0 saturated heterocycles. The Morgan fingerprint density at radius 3 is 2.33 bits per heavy atom. The first-order valence-corrected chi connectivity index (χ1v) is 6.66. The van der Waals surface area contributed by atoms with Crippen LogP contribution in [0.15, 0.2) is 18.2 Å². The van der Waals surface area contributed by atoms with Crippen LogP contribution in [0.2, 0.25) is 5.02 Å². The fourth-order valence-electron chi connectivity index (χ4n) is 2.01. The molecule has 0 heterocycles. The summed E-state index contributed by atoms with van der Waals surface area (Å²) >= 11 is 5.84. The maximum absolute atomic E-state index is 12.2. The third kappa shape index (κ3) is 3.16. The first-order chi connectivity index (χ1) is 8.48. The molecule has 0 aromatic heterocycles. The summed E-state index contributed by atoms with van der Waals surface area (Å²) in [5.74, 6) is -0.324. The lowest BCUT2D eigenvalue weighted by Gasteiger charge is -2.31. The summed E-state index contributed by atoms with van der Waals surface area (Å²) < 4.78 is 0. The molecule has 2 N–H and O–H groups in total. The van der Waals surface area contributed by atoms with Crippen LogP contribution < -0.4 is 5.32 Å². The Balaban J connectivity index is 2.97. The molecule has 18 heavy (non-hydrogen) atoms. The molecule has 0 bridgehead atoms. The summed E-state index contributed by atoms with van der Waals surface area (Å²) in [4.78, 5) is 12.2. The maximum Gasteiger partial charge on any atom is 0.255 e. The van der Waals surface area contributed by atoms with Gasteiger partial charge in [-0.05, 0) is 37.5 Å². The number of aromatic hydroxyl groups is 1. The first-order valence-electron chi connectivity index (χ1n) is 6.29. The summed E-state index contributed by atoms with van der Waals surface area (Å²) in [6.45, 7) is 6.14. The predicted molar refractivity (Wildman–Crippen MR) is 74.2 cm³/mol. The molecule has 0 fully saturated rings. The van der Waals surface area contributed by atoms with Gasteiger partial charge >= 0.3 is 0 Å². The normalized spacial score (nSPS) is 11.3. The number of halogens is 1. The molecular weight excluding hydrogens is 250 g/mol. The van der Waals surface area contributed by atoms with E-state index in [0.29, 0.717) is 5.02 Å². The average Bonchev–Trinajstić information content (AvgIpc) is 2.38. The van der Waals surface area contributed by atoms with Crippen LogP contribution in [0.4, 0.5) is 0 Å². The molecule has 1 aromatic carbocycles. The second-order valence-corrected chi connectivity index (χ2v) is 4.89. The Labute approximate surface area is 113 Å². The number of nitrogens with one attached hydrogen (secondary N) is 1. The second kappa shape index (κ2) is 6.10. The van der Waals surface area contributed by atoms with Crippen LogP contribution in [0, 0.1) is 0 Å². The highest BCUT2D eigenvalue weighted by atomic mass is 35.5. The second-order valence-electron chi connectivity index (χ2n) is 4.46. The van der Waals surface area contributed by atoms with Crippen LogP contribution in [-0.4, -0.2) is 16.6 Å². The highest BCUT2D eigenvalue weighted by molar-refractivity contribution is 6.31. The Morgan fingerprint density at radius 1 is 1.28 bits per heavy atom. The monoisotopic (exact) mass is 269 g/mol. The number of carbonyl (C=O) groups is 1. The average molecular weight is 270 g/mol. The Hall–Kier alpha value is -1.22. The maximum atomic E-state index is 12.2. The number of benzene rings is 1. The lowest BCUT2D eigenvalue weighted by Crippen LogP contribution is -2.47. The van der Waals surface area contributed by atoms with Gasteiger partial charge < -0.3 is 10.4 Å². The summed E-state index contributed by atoms with van der Waals surface area (Å²) in [5.41, 5.74) is 0.00785. The first kappa shape index (κ1) is 14.8. The summed E-state index contributed by atoms with van der Waals surface area (Å²) in [6.07, 6.45) is 2.56. The molecule has 0 spiro atoms. The number of amides is 1. The van der Waals surface area contributed by atoms with E-state index in [1.54, 1.807) is 6.07 Å². The highest BCUT2D eigenvalue weighted by Gasteiger charge is 2.27. The van der Waals surface area contributed by atoms with Gasteiger partial charge in [0.05, 0.1) is 5.56 Å². The van der Waals surface area contributed by atoms with Gasteiger partial charge in [0.1, 0.15) is 5.75 Å². The smallest absolute Gasteiger partial charge is 0.255 e. The van der Waals surface area contributed by atoms with E-state index in [-0.39, 0.29) is 22.8 Å². The molecule has 4 heteroatoms. The summed E-state index contributed by atoms with van der Waals surface area (Å²) in [5, 5.41) is 13.1. The van der Waals surface area contributed by atoms with Gasteiger partial charge in [0, 0.05) is 10.6 Å². The van der Waals surface area contributed by atoms with Crippen molar-refractivity contribution >= 4 is 17.5 Å². The third-order valence-electron chi connectivity index (χ3n) is 3.61. The molecule has 100 valence electrons. The van der Waals surface area contributed by atoms with E-state index in [1.807, 2.05) is 20.8 Å². The van der Waals surface area contributed by atoms with E-state index >= 15 is 0 Å². The molecule has 3 nitrogen and oxygen atoms in total. The summed E-state index contributed by atoms with van der Waals surface area (Å²) in [7, 11) is 0. The molecular formula is C14H20ClNO2. The van der Waals surface area contributed by atoms with Crippen LogP contribution in [0.5, 0.6) is 5.75 Å². The van der Waals surface area contributed by atoms with Crippen LogP contribution >= 0.6 is 11.6 Å². The zero-order valence-corrected chi connectivity index (χ0v) is 11.8. The van der Waals surface area contributed by atoms with Crippen molar-refractivity contribution < 1.29 is 9.90 Å². The van der Waals surface area contributed by atoms with Crippen molar-refractivity contribution in [2.45, 2.75) is 45.6 Å². The molecule has 0 saturated carbocycles. The van der Waals surface area contributed by atoms with Gasteiger partial charge in [0.15, 0.2) is 0 Å². The molecule has 1 rings (SSSR count). The van der Waals surface area contributed by atoms with Gasteiger partial charge in [0.2, 0.25) is 0 Å². The SMILES string of the molecule is CCC(CC)(CC)NC(=O)c1cc(Cl)ccc1O. The number of phenols is 1. The van der Waals surface area contributed by atoms with E-state index in [0.717, 1.165) is 19.3 Å². The lowest BCUT2D eigenvalue weighted by molar-refractivity contribution is 0.0885. The van der Waals surface area contributed by atoms with Crippen molar-refractivity contribution in [1.82, 2.24) is 5.32 Å². The van der Waals surface area contributed by atoms with E-state index < -0.39 is 0 Å². The fraction of sp³-hybridized carbons (Fsp3) is 0.500. The van der Waals surface area contributed by atoms with Crippen molar-refractivity contribution in [2.24, 2.45) is 0 Å². The van der Waals surface area contributed by atoms with Crippen LogP contribution in [0.1, 0.15) is 50.4 Å².